The number of methoxy groups -OCH3 is 1. The van der Waals surface area contributed by atoms with Gasteiger partial charge in [0.15, 0.2) is 0 Å². The molecule has 1 aromatic heterocycles. The summed E-state index contributed by atoms with van der Waals surface area (Å²) in [5, 5.41) is 5.65. The van der Waals surface area contributed by atoms with Gasteiger partial charge in [0.2, 0.25) is 0 Å². The van der Waals surface area contributed by atoms with Gasteiger partial charge < -0.3 is 15.4 Å². The Bertz CT molecular complexity index is 1020. The van der Waals surface area contributed by atoms with E-state index in [4.69, 9.17) is 4.74 Å². The lowest BCUT2D eigenvalue weighted by atomic mass is 10.1. The van der Waals surface area contributed by atoms with Gasteiger partial charge in [-0.05, 0) is 36.2 Å². The zero-order chi connectivity index (χ0) is 20.6. The molecular weight excluding hydrogens is 366 g/mol. The third-order valence-corrected chi connectivity index (χ3v) is 4.55. The van der Waals surface area contributed by atoms with Crippen LogP contribution in [-0.2, 0) is 13.1 Å². The summed E-state index contributed by atoms with van der Waals surface area (Å²) in [6, 6.07) is 20.1. The zero-order valence-corrected chi connectivity index (χ0v) is 16.4. The fourth-order valence-corrected chi connectivity index (χ4v) is 2.88. The molecule has 6 heteroatoms. The number of ether oxygens (including phenoxy) is 1. The van der Waals surface area contributed by atoms with Gasteiger partial charge in [0, 0.05) is 18.7 Å². The molecular formula is C23H23N3O3. The molecule has 2 amide bonds. The molecule has 148 valence electrons. The molecule has 0 saturated heterocycles. The second kappa shape index (κ2) is 9.50. The van der Waals surface area contributed by atoms with Crippen molar-refractivity contribution in [1.29, 1.82) is 0 Å². The van der Waals surface area contributed by atoms with Crippen molar-refractivity contribution in [2.24, 2.45) is 0 Å². The SMILES string of the molecule is COc1ccccc1CNC(=O)c1cccc(C(=O)NCc2ccccc2C)n1. The number of carbonyl (C=O) groups is 2. The summed E-state index contributed by atoms with van der Waals surface area (Å²) in [4.78, 5) is 29.1. The quantitative estimate of drug-likeness (QED) is 0.650. The van der Waals surface area contributed by atoms with Crippen LogP contribution < -0.4 is 15.4 Å². The molecule has 0 radical (unpaired) electrons. The van der Waals surface area contributed by atoms with E-state index in [1.54, 1.807) is 25.3 Å². The molecule has 2 N–H and O–H groups in total. The molecule has 1 heterocycles. The van der Waals surface area contributed by atoms with E-state index in [0.29, 0.717) is 18.8 Å². The highest BCUT2D eigenvalue weighted by molar-refractivity contribution is 5.96. The molecule has 6 nitrogen and oxygen atoms in total. The first-order chi connectivity index (χ1) is 14.1. The Balaban J connectivity index is 1.63. The van der Waals surface area contributed by atoms with Crippen molar-refractivity contribution in [3.8, 4) is 5.75 Å². The van der Waals surface area contributed by atoms with Gasteiger partial charge >= 0.3 is 0 Å². The summed E-state index contributed by atoms with van der Waals surface area (Å²) in [5.41, 5.74) is 3.37. The summed E-state index contributed by atoms with van der Waals surface area (Å²) in [7, 11) is 1.58. The molecule has 29 heavy (non-hydrogen) atoms. The molecule has 0 saturated carbocycles. The Morgan fingerprint density at radius 1 is 0.793 bits per heavy atom. The predicted molar refractivity (Wildman–Crippen MR) is 111 cm³/mol. The maximum absolute atomic E-state index is 12.5. The fourth-order valence-electron chi connectivity index (χ4n) is 2.88. The lowest BCUT2D eigenvalue weighted by Gasteiger charge is -2.10. The lowest BCUT2D eigenvalue weighted by Crippen LogP contribution is -2.27. The first-order valence-corrected chi connectivity index (χ1v) is 9.28. The number of pyridine rings is 1. The molecule has 0 aliphatic rings. The molecule has 0 unspecified atom stereocenters. The van der Waals surface area contributed by atoms with Gasteiger partial charge in [-0.15, -0.1) is 0 Å². The molecule has 0 spiro atoms. The second-order valence-electron chi connectivity index (χ2n) is 6.51. The smallest absolute Gasteiger partial charge is 0.270 e. The normalized spacial score (nSPS) is 10.3. The largest absolute Gasteiger partial charge is 0.496 e. The Morgan fingerprint density at radius 3 is 1.97 bits per heavy atom. The standard InChI is InChI=1S/C23H23N3O3/c1-16-8-3-4-9-17(16)14-24-22(27)19-11-7-12-20(26-19)23(28)25-15-18-10-5-6-13-21(18)29-2/h3-13H,14-15H2,1-2H3,(H,24,27)(H,25,28). The zero-order valence-electron chi connectivity index (χ0n) is 16.4. The van der Waals surface area contributed by atoms with Gasteiger partial charge in [0.05, 0.1) is 7.11 Å². The van der Waals surface area contributed by atoms with Crippen molar-refractivity contribution in [2.45, 2.75) is 20.0 Å². The van der Waals surface area contributed by atoms with E-state index in [1.807, 2.05) is 55.5 Å². The van der Waals surface area contributed by atoms with Crippen LogP contribution in [0, 0.1) is 6.92 Å². The van der Waals surface area contributed by atoms with Gasteiger partial charge in [-0.1, -0.05) is 48.5 Å². The highest BCUT2D eigenvalue weighted by Crippen LogP contribution is 2.16. The minimum atomic E-state index is -0.357. The van der Waals surface area contributed by atoms with Crippen LogP contribution in [0.4, 0.5) is 0 Å². The average Bonchev–Trinajstić information content (AvgIpc) is 2.77. The second-order valence-corrected chi connectivity index (χ2v) is 6.51. The van der Waals surface area contributed by atoms with E-state index in [-0.39, 0.29) is 23.2 Å². The van der Waals surface area contributed by atoms with E-state index < -0.39 is 0 Å². The topological polar surface area (TPSA) is 80.3 Å². The Hall–Kier alpha value is -3.67. The van der Waals surface area contributed by atoms with Gasteiger partial charge in [-0.2, -0.15) is 0 Å². The van der Waals surface area contributed by atoms with E-state index >= 15 is 0 Å². The molecule has 3 aromatic rings. The summed E-state index contributed by atoms with van der Waals surface area (Å²) >= 11 is 0. The molecule has 0 aliphatic heterocycles. The number of hydrogen-bond donors (Lipinski definition) is 2. The van der Waals surface area contributed by atoms with Crippen molar-refractivity contribution >= 4 is 11.8 Å². The van der Waals surface area contributed by atoms with E-state index in [1.165, 1.54) is 0 Å². The van der Waals surface area contributed by atoms with Crippen LogP contribution in [0.2, 0.25) is 0 Å². The van der Waals surface area contributed by atoms with Gasteiger partial charge in [-0.25, -0.2) is 4.98 Å². The van der Waals surface area contributed by atoms with Gasteiger partial charge in [0.25, 0.3) is 11.8 Å². The van der Waals surface area contributed by atoms with Crippen LogP contribution >= 0.6 is 0 Å². The van der Waals surface area contributed by atoms with Gasteiger partial charge in [-0.3, -0.25) is 9.59 Å². The monoisotopic (exact) mass is 389 g/mol. The highest BCUT2D eigenvalue weighted by atomic mass is 16.5. The molecule has 0 atom stereocenters. The van der Waals surface area contributed by atoms with Crippen LogP contribution in [0.15, 0.2) is 66.7 Å². The first-order valence-electron chi connectivity index (χ1n) is 9.28. The van der Waals surface area contributed by atoms with Crippen LogP contribution in [0.3, 0.4) is 0 Å². The highest BCUT2D eigenvalue weighted by Gasteiger charge is 2.13. The van der Waals surface area contributed by atoms with E-state index in [2.05, 4.69) is 15.6 Å². The fraction of sp³-hybridized carbons (Fsp3) is 0.174. The number of benzene rings is 2. The number of aryl methyl sites for hydroxylation is 1. The van der Waals surface area contributed by atoms with Gasteiger partial charge in [0.1, 0.15) is 17.1 Å². The number of amides is 2. The third-order valence-electron chi connectivity index (χ3n) is 4.55. The number of hydrogen-bond acceptors (Lipinski definition) is 4. The third kappa shape index (κ3) is 5.19. The number of aromatic nitrogens is 1. The maximum Gasteiger partial charge on any atom is 0.270 e. The van der Waals surface area contributed by atoms with E-state index in [9.17, 15) is 9.59 Å². The Kier molecular flexibility index (Phi) is 6.58. The summed E-state index contributed by atoms with van der Waals surface area (Å²) < 4.78 is 5.29. The van der Waals surface area contributed by atoms with Crippen molar-refractivity contribution in [2.75, 3.05) is 7.11 Å². The summed E-state index contributed by atoms with van der Waals surface area (Å²) in [6.07, 6.45) is 0. The Morgan fingerprint density at radius 2 is 1.34 bits per heavy atom. The molecule has 2 aromatic carbocycles. The summed E-state index contributed by atoms with van der Waals surface area (Å²) in [6.45, 7) is 2.69. The molecule has 0 bridgehead atoms. The number of carbonyl (C=O) groups excluding carboxylic acids is 2. The van der Waals surface area contributed by atoms with Crippen LogP contribution in [0.1, 0.15) is 37.7 Å². The van der Waals surface area contributed by atoms with Crippen molar-refractivity contribution in [1.82, 2.24) is 15.6 Å². The minimum Gasteiger partial charge on any atom is -0.496 e. The average molecular weight is 389 g/mol. The van der Waals surface area contributed by atoms with Crippen LogP contribution in [0.25, 0.3) is 0 Å². The maximum atomic E-state index is 12.5. The molecule has 3 rings (SSSR count). The number of rotatable bonds is 7. The number of nitrogens with one attached hydrogen (secondary N) is 2. The van der Waals surface area contributed by atoms with Crippen LogP contribution in [0.5, 0.6) is 5.75 Å². The predicted octanol–water partition coefficient (Wildman–Crippen LogP) is 3.26. The molecule has 0 fully saturated rings. The molecule has 0 aliphatic carbocycles. The van der Waals surface area contributed by atoms with Crippen LogP contribution in [-0.4, -0.2) is 23.9 Å². The summed E-state index contributed by atoms with van der Waals surface area (Å²) in [5.74, 6) is 0.0159. The van der Waals surface area contributed by atoms with Crippen molar-refractivity contribution in [3.63, 3.8) is 0 Å². The van der Waals surface area contributed by atoms with E-state index in [0.717, 1.165) is 16.7 Å². The number of para-hydroxylation sites is 1. The minimum absolute atomic E-state index is 0.184. The Labute approximate surface area is 169 Å². The van der Waals surface area contributed by atoms with Crippen molar-refractivity contribution in [3.05, 3.63) is 94.8 Å². The first kappa shape index (κ1) is 20.1. The lowest BCUT2D eigenvalue weighted by molar-refractivity contribution is 0.0941. The number of nitrogens with zero attached hydrogens (tertiary/aromatic N) is 1. The van der Waals surface area contributed by atoms with Crippen molar-refractivity contribution < 1.29 is 14.3 Å².